The quantitative estimate of drug-likeness (QED) is 0.836. The number of anilines is 1. The second kappa shape index (κ2) is 6.90. The number of primary sulfonamides is 1. The molecule has 6 nitrogen and oxygen atoms in total. The van der Waals surface area contributed by atoms with E-state index in [4.69, 9.17) is 9.88 Å². The highest BCUT2D eigenvalue weighted by Gasteiger charge is 2.28. The molecule has 0 aliphatic carbocycles. The monoisotopic (exact) mass is 376 g/mol. The zero-order valence-electron chi connectivity index (χ0n) is 15.1. The summed E-state index contributed by atoms with van der Waals surface area (Å²) in [5.41, 5.74) is 3.77. The number of hydrogen-bond donors (Lipinski definition) is 2. The zero-order chi connectivity index (χ0) is 19.1. The fourth-order valence-electron chi connectivity index (χ4n) is 3.45. The van der Waals surface area contributed by atoms with Crippen molar-refractivity contribution < 1.29 is 18.3 Å². The summed E-state index contributed by atoms with van der Waals surface area (Å²) in [6.07, 6.45) is 0.192. The highest BCUT2D eigenvalue weighted by molar-refractivity contribution is 7.89. The average Bonchev–Trinajstić information content (AvgIpc) is 2.89. The van der Waals surface area contributed by atoms with Gasteiger partial charge in [-0.1, -0.05) is 6.07 Å². The van der Waals surface area contributed by atoms with Gasteiger partial charge in [0.15, 0.2) is 0 Å². The molecule has 0 unspecified atom stereocenters. The van der Waals surface area contributed by atoms with Crippen molar-refractivity contribution in [3.63, 3.8) is 0 Å². The highest BCUT2D eigenvalue weighted by Crippen LogP contribution is 2.36. The maximum atomic E-state index is 11.6. The first-order chi connectivity index (χ1) is 12.2. The largest absolute Gasteiger partial charge is 0.496 e. The molecule has 7 heteroatoms. The van der Waals surface area contributed by atoms with Gasteiger partial charge in [0.25, 0.3) is 0 Å². The molecular weight excluding hydrogens is 352 g/mol. The topological polar surface area (TPSA) is 92.9 Å². The van der Waals surface area contributed by atoms with Gasteiger partial charge in [-0.15, -0.1) is 0 Å². The standard InChI is InChI=1S/C19H24N2O4S/c1-12-8-15-10-17(26(20,23)24)5-6-18(15)21(12)11-16-9-14(13(2)22)4-7-19(16)25-3/h4-7,9-10,12-13,22H,8,11H2,1-3H3,(H2,20,23,24)/t12-,13-/m0/s1. The average molecular weight is 376 g/mol. The summed E-state index contributed by atoms with van der Waals surface area (Å²) in [6.45, 7) is 4.43. The summed E-state index contributed by atoms with van der Waals surface area (Å²) < 4.78 is 28.7. The van der Waals surface area contributed by atoms with Gasteiger partial charge in [0.1, 0.15) is 5.75 Å². The van der Waals surface area contributed by atoms with Crippen LogP contribution in [0.15, 0.2) is 41.3 Å². The van der Waals surface area contributed by atoms with Gasteiger partial charge < -0.3 is 14.7 Å². The van der Waals surface area contributed by atoms with Gasteiger partial charge in [0, 0.05) is 23.8 Å². The number of nitrogens with zero attached hydrogens (tertiary/aromatic N) is 1. The van der Waals surface area contributed by atoms with Crippen LogP contribution in [-0.2, 0) is 23.0 Å². The van der Waals surface area contributed by atoms with Gasteiger partial charge in [0.2, 0.25) is 10.0 Å². The highest BCUT2D eigenvalue weighted by atomic mass is 32.2. The lowest BCUT2D eigenvalue weighted by Crippen LogP contribution is -2.28. The van der Waals surface area contributed by atoms with Gasteiger partial charge in [-0.3, -0.25) is 0 Å². The summed E-state index contributed by atoms with van der Waals surface area (Å²) in [5.74, 6) is 0.760. The second-order valence-electron chi connectivity index (χ2n) is 6.76. The van der Waals surface area contributed by atoms with Crippen LogP contribution in [0, 0.1) is 0 Å². The van der Waals surface area contributed by atoms with Gasteiger partial charge in [0.05, 0.1) is 18.1 Å². The van der Waals surface area contributed by atoms with E-state index in [2.05, 4.69) is 11.8 Å². The van der Waals surface area contributed by atoms with E-state index in [1.165, 1.54) is 0 Å². The number of methoxy groups -OCH3 is 1. The van der Waals surface area contributed by atoms with E-state index < -0.39 is 16.1 Å². The Labute approximate surface area is 154 Å². The summed E-state index contributed by atoms with van der Waals surface area (Å²) in [6, 6.07) is 10.9. The molecule has 0 spiro atoms. The number of benzene rings is 2. The molecule has 2 aromatic carbocycles. The Kier molecular flexibility index (Phi) is 4.96. The van der Waals surface area contributed by atoms with Crippen molar-refractivity contribution in [3.05, 3.63) is 53.1 Å². The third-order valence-corrected chi connectivity index (χ3v) is 5.77. The van der Waals surface area contributed by atoms with Crippen LogP contribution >= 0.6 is 0 Å². The van der Waals surface area contributed by atoms with Crippen molar-refractivity contribution in [2.75, 3.05) is 12.0 Å². The number of ether oxygens (including phenoxy) is 1. The molecule has 2 aromatic rings. The Morgan fingerprint density at radius 3 is 2.65 bits per heavy atom. The molecule has 0 saturated carbocycles. The number of aliphatic hydroxyl groups excluding tert-OH is 1. The molecule has 0 radical (unpaired) electrons. The Bertz CT molecular complexity index is 925. The van der Waals surface area contributed by atoms with Crippen LogP contribution in [0.2, 0.25) is 0 Å². The number of rotatable bonds is 5. The predicted molar refractivity (Wildman–Crippen MR) is 101 cm³/mol. The molecule has 2 atom stereocenters. The molecule has 3 N–H and O–H groups in total. The maximum Gasteiger partial charge on any atom is 0.238 e. The molecule has 0 aromatic heterocycles. The van der Waals surface area contributed by atoms with E-state index in [9.17, 15) is 13.5 Å². The van der Waals surface area contributed by atoms with Gasteiger partial charge in [-0.2, -0.15) is 0 Å². The lowest BCUT2D eigenvalue weighted by molar-refractivity contribution is 0.199. The summed E-state index contributed by atoms with van der Waals surface area (Å²) in [4.78, 5) is 2.35. The lowest BCUT2D eigenvalue weighted by atomic mass is 10.1. The molecule has 1 aliphatic rings. The lowest BCUT2D eigenvalue weighted by Gasteiger charge is -2.26. The molecule has 1 heterocycles. The van der Waals surface area contributed by atoms with Crippen LogP contribution in [-0.4, -0.2) is 26.7 Å². The molecule has 0 fully saturated rings. The van der Waals surface area contributed by atoms with Crippen LogP contribution in [0.25, 0.3) is 0 Å². The van der Waals surface area contributed by atoms with E-state index in [1.807, 2.05) is 24.3 Å². The van der Waals surface area contributed by atoms with E-state index in [1.54, 1.807) is 26.2 Å². The minimum Gasteiger partial charge on any atom is -0.496 e. The minimum absolute atomic E-state index is 0.138. The fraction of sp³-hybridized carbons (Fsp3) is 0.368. The Morgan fingerprint density at radius 2 is 2.04 bits per heavy atom. The van der Waals surface area contributed by atoms with Gasteiger partial charge in [-0.25, -0.2) is 13.6 Å². The molecule has 0 bridgehead atoms. The van der Waals surface area contributed by atoms with Crippen LogP contribution in [0.1, 0.15) is 36.6 Å². The Balaban J connectivity index is 1.96. The Hall–Kier alpha value is -2.09. The number of nitrogens with two attached hydrogens (primary N) is 1. The zero-order valence-corrected chi connectivity index (χ0v) is 16.0. The molecule has 0 amide bonds. The van der Waals surface area contributed by atoms with Crippen molar-refractivity contribution in [1.82, 2.24) is 0 Å². The van der Waals surface area contributed by atoms with Crippen molar-refractivity contribution >= 4 is 15.7 Å². The number of sulfonamides is 1. The smallest absolute Gasteiger partial charge is 0.238 e. The summed E-state index contributed by atoms with van der Waals surface area (Å²) >= 11 is 0. The predicted octanol–water partition coefficient (Wildman–Crippen LogP) is 2.35. The van der Waals surface area contributed by atoms with E-state index >= 15 is 0 Å². The first-order valence-electron chi connectivity index (χ1n) is 8.48. The van der Waals surface area contributed by atoms with Crippen LogP contribution in [0.5, 0.6) is 5.75 Å². The van der Waals surface area contributed by atoms with Crippen molar-refractivity contribution in [1.29, 1.82) is 0 Å². The molecule has 140 valence electrons. The second-order valence-corrected chi connectivity index (χ2v) is 8.33. The molecule has 26 heavy (non-hydrogen) atoms. The molecule has 3 rings (SSSR count). The number of fused-ring (bicyclic) bond motifs is 1. The summed E-state index contributed by atoms with van der Waals surface area (Å²) in [5, 5.41) is 15.1. The minimum atomic E-state index is -3.71. The fourth-order valence-corrected chi connectivity index (χ4v) is 4.02. The third kappa shape index (κ3) is 3.56. The number of hydrogen-bond acceptors (Lipinski definition) is 5. The van der Waals surface area contributed by atoms with Crippen molar-refractivity contribution in [2.45, 2.75) is 43.9 Å². The Morgan fingerprint density at radius 1 is 1.31 bits per heavy atom. The van der Waals surface area contributed by atoms with Crippen LogP contribution < -0.4 is 14.8 Å². The molecule has 1 aliphatic heterocycles. The van der Waals surface area contributed by atoms with Gasteiger partial charge in [-0.05, 0) is 61.7 Å². The first-order valence-corrected chi connectivity index (χ1v) is 10.0. The molecular formula is C19H24N2O4S. The summed E-state index contributed by atoms with van der Waals surface area (Å²) in [7, 11) is -2.08. The van der Waals surface area contributed by atoms with E-state index in [-0.39, 0.29) is 10.9 Å². The van der Waals surface area contributed by atoms with Crippen molar-refractivity contribution in [2.24, 2.45) is 5.14 Å². The first kappa shape index (κ1) is 18.7. The van der Waals surface area contributed by atoms with Crippen LogP contribution in [0.3, 0.4) is 0 Å². The number of aliphatic hydroxyl groups is 1. The van der Waals surface area contributed by atoms with E-state index in [0.717, 1.165) is 34.5 Å². The SMILES string of the molecule is COc1ccc([C@H](C)O)cc1CN1c2ccc(S(N)(=O)=O)cc2C[C@@H]1C. The molecule has 0 saturated heterocycles. The third-order valence-electron chi connectivity index (χ3n) is 4.86. The van der Waals surface area contributed by atoms with E-state index in [0.29, 0.717) is 6.54 Å². The van der Waals surface area contributed by atoms with Crippen LogP contribution in [0.4, 0.5) is 5.69 Å². The normalized spacial score (nSPS) is 17.9. The van der Waals surface area contributed by atoms with Gasteiger partial charge >= 0.3 is 0 Å². The van der Waals surface area contributed by atoms with Crippen molar-refractivity contribution in [3.8, 4) is 5.75 Å². The maximum absolute atomic E-state index is 11.6.